The van der Waals surface area contributed by atoms with Crippen molar-refractivity contribution in [3.05, 3.63) is 72.6 Å². The number of benzene rings is 1. The van der Waals surface area contributed by atoms with Crippen LogP contribution in [-0.4, -0.2) is 184 Å². The normalized spacial score (nSPS) is 16.8. The number of carbonyl (C=O) groups excluding carboxylic acids is 6. The maximum Gasteiger partial charge on any atom is 0.357 e. The minimum Gasteiger partial charge on any atom is -0.386 e. The zero-order valence-electron chi connectivity index (χ0n) is 49.9. The number of carbonyl (C=O) groups is 6. The highest BCUT2D eigenvalue weighted by atomic mass is 33.1. The van der Waals surface area contributed by atoms with E-state index >= 15 is 0 Å². The van der Waals surface area contributed by atoms with Crippen molar-refractivity contribution in [2.75, 3.05) is 51.7 Å². The average molecular weight is 1220 g/mol. The zero-order chi connectivity index (χ0) is 62.0. The number of methoxy groups -OCH3 is 2. The van der Waals surface area contributed by atoms with Gasteiger partial charge >= 0.3 is 7.60 Å². The second kappa shape index (κ2) is 32.5. The third-order valence-electron chi connectivity index (χ3n) is 15.1. The van der Waals surface area contributed by atoms with Gasteiger partial charge in [0.25, 0.3) is 0 Å². The molecule has 6 N–H and O–H groups in total. The average Bonchev–Trinajstić information content (AvgIpc) is 4.08. The van der Waals surface area contributed by atoms with Crippen LogP contribution in [0, 0.1) is 23.7 Å². The van der Waals surface area contributed by atoms with Gasteiger partial charge in [0.05, 0.1) is 66.0 Å². The number of rotatable bonds is 31. The lowest BCUT2D eigenvalue weighted by Crippen LogP contribution is -2.60. The number of aliphatic hydroxyl groups excluding tert-OH is 1. The van der Waals surface area contributed by atoms with E-state index < -0.39 is 67.9 Å². The van der Waals surface area contributed by atoms with E-state index in [0.29, 0.717) is 54.3 Å². The van der Waals surface area contributed by atoms with Gasteiger partial charge in [-0.25, -0.2) is 0 Å². The molecule has 1 aromatic carbocycles. The molecule has 0 spiro atoms. The monoisotopic (exact) mass is 1220 g/mol. The molecule has 9 unspecified atom stereocenters. The molecule has 4 aromatic rings. The van der Waals surface area contributed by atoms with Crippen LogP contribution in [0.25, 0.3) is 23.0 Å². The number of aliphatic hydroxyl groups is 1. The van der Waals surface area contributed by atoms with Crippen molar-refractivity contribution >= 4 is 75.6 Å². The van der Waals surface area contributed by atoms with Crippen molar-refractivity contribution in [3.8, 4) is 23.0 Å². The molecular formula is C57H83N12O12PS2. The Morgan fingerprint density at radius 3 is 1.90 bits per heavy atom. The van der Waals surface area contributed by atoms with Gasteiger partial charge in [-0.1, -0.05) is 107 Å². The standard InChI is InChI=1S/C57H83N12O12PS2/c1-13-35(6)50(44(80-11)30-47(72)69-27-17-20-43(69)52(81-12)36(7)55(74)60-37(8)51(73)38-18-15-14-16-19-38)68(10)57(76)48(33(2)3)62-56(75)49(34(4)5)67(9)46(71)26-29-84-83-28-25-45(70)61-39-21-23-41(58-31-39)53-63-65-54(66-64-53)42-24-22-40(32-59-42)82(77,78)79/h14-16,18-19,21-24,31-37,43-44,48-52,73H,13,17,20,25-30H2,1-12H3,(H,60,74)(H,61,70)(H,62,75)(H2,77,78,79)/t35?,36?,37?,43-,44?,48?,49?,50?,51?,52?/m0/s1. The lowest BCUT2D eigenvalue weighted by molar-refractivity contribution is -0.148. The van der Waals surface area contributed by atoms with E-state index in [9.17, 15) is 48.2 Å². The molecular weight excluding hydrogens is 1140 g/mol. The fourth-order valence-corrected chi connectivity index (χ4v) is 12.7. The maximum atomic E-state index is 14.7. The topological polar surface area (TPSA) is 322 Å². The van der Waals surface area contributed by atoms with Crippen LogP contribution >= 0.6 is 29.2 Å². The second-order valence-electron chi connectivity index (χ2n) is 21.8. The largest absolute Gasteiger partial charge is 0.386 e. The highest BCUT2D eigenvalue weighted by Gasteiger charge is 2.44. The van der Waals surface area contributed by atoms with Gasteiger partial charge in [-0.05, 0) is 67.3 Å². The zero-order valence-corrected chi connectivity index (χ0v) is 52.5. The summed E-state index contributed by atoms with van der Waals surface area (Å²) < 4.78 is 23.5. The molecule has 27 heteroatoms. The molecule has 1 aliphatic rings. The summed E-state index contributed by atoms with van der Waals surface area (Å²) in [7, 11) is 4.70. The van der Waals surface area contributed by atoms with Crippen molar-refractivity contribution < 1.29 is 57.7 Å². The molecule has 3 aromatic heterocycles. The molecule has 84 heavy (non-hydrogen) atoms. The van der Waals surface area contributed by atoms with Crippen LogP contribution in [0.15, 0.2) is 67.0 Å². The SMILES string of the molecule is CCC(C)C(C(CC(=O)N1CCC[C@H]1C(OC)C(C)C(=O)NC(C)C(O)c1ccccc1)OC)N(C)C(=O)C(NC(=O)C(C(C)C)N(C)C(=O)CCSSCCC(=O)Nc1ccc(-c2nnc(-c3ccc(P(=O)(O)O)cn3)nn2)nc1)C(C)C. The Hall–Kier alpha value is -5.99. The Bertz CT molecular complexity index is 2840. The van der Waals surface area contributed by atoms with E-state index in [1.165, 1.54) is 59.0 Å². The quantitative estimate of drug-likeness (QED) is 0.0217. The fourth-order valence-electron chi connectivity index (χ4n) is 10.2. The maximum absolute atomic E-state index is 14.7. The van der Waals surface area contributed by atoms with Crippen LogP contribution in [0.2, 0.25) is 0 Å². The van der Waals surface area contributed by atoms with E-state index in [4.69, 9.17) is 9.47 Å². The molecule has 0 radical (unpaired) electrons. The van der Waals surface area contributed by atoms with E-state index in [2.05, 4.69) is 46.3 Å². The lowest BCUT2D eigenvalue weighted by Gasteiger charge is -2.41. The van der Waals surface area contributed by atoms with Crippen LogP contribution < -0.4 is 21.3 Å². The summed E-state index contributed by atoms with van der Waals surface area (Å²) in [6.45, 7) is 15.3. The van der Waals surface area contributed by atoms with Gasteiger partial charge in [-0.2, -0.15) is 0 Å². The third-order valence-corrected chi connectivity index (χ3v) is 18.5. The Labute approximate surface area is 500 Å². The number of aromatic nitrogens is 6. The summed E-state index contributed by atoms with van der Waals surface area (Å²) in [5, 5.41) is 35.5. The van der Waals surface area contributed by atoms with Crippen molar-refractivity contribution in [3.63, 3.8) is 0 Å². The minimum atomic E-state index is -4.46. The lowest BCUT2D eigenvalue weighted by atomic mass is 9.89. The van der Waals surface area contributed by atoms with Crippen LogP contribution in [0.5, 0.6) is 0 Å². The summed E-state index contributed by atoms with van der Waals surface area (Å²) >= 11 is 0. The van der Waals surface area contributed by atoms with Gasteiger partial charge in [0.1, 0.15) is 23.5 Å². The number of anilines is 1. The number of nitrogens with zero attached hydrogens (tertiary/aromatic N) is 9. The Kier molecular flexibility index (Phi) is 26.6. The highest BCUT2D eigenvalue weighted by Crippen LogP contribution is 2.34. The van der Waals surface area contributed by atoms with E-state index in [0.717, 1.165) is 6.20 Å². The third kappa shape index (κ3) is 18.8. The second-order valence-corrected chi connectivity index (χ2v) is 26.1. The summed E-state index contributed by atoms with van der Waals surface area (Å²) in [6.07, 6.45) is 2.39. The van der Waals surface area contributed by atoms with Gasteiger partial charge in [-0.15, -0.1) is 20.4 Å². The molecule has 0 bridgehead atoms. The van der Waals surface area contributed by atoms with Crippen LogP contribution in [0.4, 0.5) is 5.69 Å². The summed E-state index contributed by atoms with van der Waals surface area (Å²) in [5.74, 6) is -2.31. The minimum absolute atomic E-state index is 0.0418. The molecule has 1 aliphatic heterocycles. The summed E-state index contributed by atoms with van der Waals surface area (Å²) in [6, 6.07) is 11.4. The first-order valence-electron chi connectivity index (χ1n) is 28.1. The number of ether oxygens (including phenoxy) is 2. The van der Waals surface area contributed by atoms with Crippen LogP contribution in [0.3, 0.4) is 0 Å². The van der Waals surface area contributed by atoms with E-state index in [1.54, 1.807) is 62.0 Å². The van der Waals surface area contributed by atoms with Gasteiger partial charge in [0.15, 0.2) is 0 Å². The van der Waals surface area contributed by atoms with Crippen molar-refractivity contribution in [2.24, 2.45) is 23.7 Å². The number of likely N-dealkylation sites (N-methyl/N-ethyl adjacent to an activating group) is 2. The molecule has 10 atom stereocenters. The van der Waals surface area contributed by atoms with Crippen LogP contribution in [0.1, 0.15) is 106 Å². The molecule has 1 saturated heterocycles. The number of hydrogen-bond donors (Lipinski definition) is 6. The van der Waals surface area contributed by atoms with Crippen molar-refractivity contribution in [1.29, 1.82) is 0 Å². The summed E-state index contributed by atoms with van der Waals surface area (Å²) in [4.78, 5) is 115. The molecule has 6 amide bonds. The smallest absolute Gasteiger partial charge is 0.357 e. The predicted octanol–water partition coefficient (Wildman–Crippen LogP) is 5.08. The Balaban J connectivity index is 1.10. The van der Waals surface area contributed by atoms with E-state index in [1.807, 2.05) is 59.7 Å². The molecule has 1 fully saturated rings. The van der Waals surface area contributed by atoms with Crippen molar-refractivity contribution in [1.82, 2.24) is 55.7 Å². The van der Waals surface area contributed by atoms with Gasteiger partial charge in [0, 0.05) is 65.4 Å². The first kappa shape index (κ1) is 68.8. The number of nitrogens with one attached hydrogen (secondary N) is 3. The first-order chi connectivity index (χ1) is 39.8. The van der Waals surface area contributed by atoms with Crippen molar-refractivity contribution in [2.45, 2.75) is 142 Å². The Morgan fingerprint density at radius 1 is 0.774 bits per heavy atom. The molecule has 5 rings (SSSR count). The molecule has 0 aliphatic carbocycles. The molecule has 24 nitrogen and oxygen atoms in total. The Morgan fingerprint density at radius 2 is 1.38 bits per heavy atom. The molecule has 4 heterocycles. The molecule has 460 valence electrons. The number of likely N-dealkylation sites (tertiary alicyclic amines) is 1. The number of pyridine rings is 2. The van der Waals surface area contributed by atoms with Gasteiger partial charge < -0.3 is 55.0 Å². The fraction of sp³-hybridized carbons (Fsp3) is 0.579. The summed E-state index contributed by atoms with van der Waals surface area (Å²) in [5.41, 5.74) is 1.67. The number of hydrogen-bond acceptors (Lipinski definition) is 18. The predicted molar refractivity (Wildman–Crippen MR) is 322 cm³/mol. The highest BCUT2D eigenvalue weighted by molar-refractivity contribution is 8.76. The van der Waals surface area contributed by atoms with Gasteiger partial charge in [0.2, 0.25) is 47.1 Å². The first-order valence-corrected chi connectivity index (χ1v) is 32.2. The van der Waals surface area contributed by atoms with Gasteiger partial charge in [-0.3, -0.25) is 43.3 Å². The van der Waals surface area contributed by atoms with Crippen LogP contribution in [-0.2, 0) is 42.8 Å². The van der Waals surface area contributed by atoms with E-state index in [-0.39, 0.29) is 89.2 Å². The number of amides is 6. The molecule has 0 saturated carbocycles.